The van der Waals surface area contributed by atoms with Gasteiger partial charge < -0.3 is 4.74 Å². The lowest BCUT2D eigenvalue weighted by Gasteiger charge is -2.27. The summed E-state index contributed by atoms with van der Waals surface area (Å²) in [6, 6.07) is 0. The Hall–Kier alpha value is -0.260. The zero-order chi connectivity index (χ0) is 16.6. The van der Waals surface area contributed by atoms with Crippen LogP contribution >= 0.6 is 15.8 Å². The van der Waals surface area contributed by atoms with Crippen molar-refractivity contribution >= 4 is 27.8 Å². The van der Waals surface area contributed by atoms with Gasteiger partial charge in [0.2, 0.25) is 0 Å². The molecule has 4 atom stereocenters. The molecule has 0 saturated carbocycles. The van der Waals surface area contributed by atoms with Gasteiger partial charge in [-0.2, -0.15) is 0 Å². The van der Waals surface area contributed by atoms with Gasteiger partial charge in [0.1, 0.15) is 0 Å². The van der Waals surface area contributed by atoms with E-state index in [1.165, 1.54) is 25.7 Å². The van der Waals surface area contributed by atoms with Gasteiger partial charge in [0.25, 0.3) is 0 Å². The predicted molar refractivity (Wildman–Crippen MR) is 97.5 cm³/mol. The van der Waals surface area contributed by atoms with Gasteiger partial charge in [-0.15, -0.1) is 0 Å². The van der Waals surface area contributed by atoms with Crippen molar-refractivity contribution in [3.63, 3.8) is 0 Å². The highest BCUT2D eigenvalue weighted by atomic mass is 31.1. The van der Waals surface area contributed by atoms with E-state index in [9.17, 15) is 9.59 Å². The van der Waals surface area contributed by atoms with E-state index in [1.807, 2.05) is 0 Å². The molecule has 2 saturated heterocycles. The van der Waals surface area contributed by atoms with Crippen LogP contribution < -0.4 is 0 Å². The Morgan fingerprint density at radius 2 is 1.43 bits per heavy atom. The third kappa shape index (κ3) is 3.05. The molecule has 0 aromatic carbocycles. The summed E-state index contributed by atoms with van der Waals surface area (Å²) in [5.41, 5.74) is 1.83. The minimum atomic E-state index is -0.518. The fraction of sp³-hybridized carbons (Fsp3) is 0.778. The van der Waals surface area contributed by atoms with Crippen LogP contribution in [0.25, 0.3) is 0 Å². The van der Waals surface area contributed by atoms with Crippen molar-refractivity contribution in [1.29, 1.82) is 0 Å². The van der Waals surface area contributed by atoms with Crippen molar-refractivity contribution < 1.29 is 14.3 Å². The third-order valence-electron chi connectivity index (χ3n) is 5.75. The molecule has 23 heavy (non-hydrogen) atoms. The Morgan fingerprint density at radius 1 is 0.870 bits per heavy atom. The van der Waals surface area contributed by atoms with E-state index in [-0.39, 0.29) is 11.9 Å². The molecule has 0 spiro atoms. The van der Waals surface area contributed by atoms with Gasteiger partial charge in [-0.3, -0.25) is 0 Å². The molecule has 0 aliphatic carbocycles. The van der Waals surface area contributed by atoms with Crippen molar-refractivity contribution in [3.8, 4) is 0 Å². The highest BCUT2D eigenvalue weighted by Crippen LogP contribution is 2.70. The van der Waals surface area contributed by atoms with Gasteiger partial charge in [0, 0.05) is 0 Å². The number of carbonyl (C=O) groups is 2. The minimum Gasteiger partial charge on any atom is -0.386 e. The molecule has 3 aliphatic rings. The zero-order valence-electron chi connectivity index (χ0n) is 14.5. The topological polar surface area (TPSA) is 43.4 Å². The van der Waals surface area contributed by atoms with E-state index < -0.39 is 15.8 Å². The number of cyclic esters (lactones) is 2. The van der Waals surface area contributed by atoms with Crippen LogP contribution in [0.2, 0.25) is 0 Å². The second-order valence-corrected chi connectivity index (χ2v) is 12.2. The van der Waals surface area contributed by atoms with Gasteiger partial charge in [0.05, 0.1) is 10.6 Å². The summed E-state index contributed by atoms with van der Waals surface area (Å²) in [4.78, 5) is 25.1. The molecule has 1 unspecified atom stereocenters. The lowest BCUT2D eigenvalue weighted by molar-refractivity contribution is -0.150. The summed E-state index contributed by atoms with van der Waals surface area (Å²) in [6.07, 6.45) is 9.33. The average molecular weight is 354 g/mol. The van der Waals surface area contributed by atoms with Crippen LogP contribution in [-0.2, 0) is 14.3 Å². The molecule has 0 radical (unpaired) electrons. The van der Waals surface area contributed by atoms with Crippen LogP contribution in [0.15, 0.2) is 10.6 Å². The normalized spacial score (nSPS) is 35.4. The van der Waals surface area contributed by atoms with Crippen molar-refractivity contribution in [3.05, 3.63) is 10.6 Å². The van der Waals surface area contributed by atoms with Gasteiger partial charge in [0.15, 0.2) is 0 Å². The standard InChI is InChI=1S/C18H28O3P2/c1-4-12-8-7-11-22(12)15-16(18(20)21-17(15)19)23-13(5-2)9-10-14(23)6-3/h12-14H,4-11H2,1-3H3/t12-,13-,14-,22?/m1/s1. The van der Waals surface area contributed by atoms with E-state index in [1.54, 1.807) is 0 Å². The fourth-order valence-corrected chi connectivity index (χ4v) is 11.9. The molecule has 2 fully saturated rings. The molecule has 3 rings (SSSR count). The summed E-state index contributed by atoms with van der Waals surface area (Å²) < 4.78 is 5.17. The first-order chi connectivity index (χ1) is 11.1. The van der Waals surface area contributed by atoms with Gasteiger partial charge >= 0.3 is 11.9 Å². The van der Waals surface area contributed by atoms with Crippen LogP contribution in [0.4, 0.5) is 0 Å². The highest BCUT2D eigenvalue weighted by molar-refractivity contribution is 7.69. The van der Waals surface area contributed by atoms with E-state index in [0.29, 0.717) is 17.0 Å². The van der Waals surface area contributed by atoms with E-state index in [4.69, 9.17) is 4.74 Å². The quantitative estimate of drug-likeness (QED) is 0.389. The van der Waals surface area contributed by atoms with Gasteiger partial charge in [-0.1, -0.05) is 36.6 Å². The first kappa shape index (κ1) is 17.6. The van der Waals surface area contributed by atoms with Crippen LogP contribution in [0, 0.1) is 0 Å². The Kier molecular flexibility index (Phi) is 5.59. The molecule has 3 heterocycles. The van der Waals surface area contributed by atoms with Crippen molar-refractivity contribution in [1.82, 2.24) is 0 Å². The number of carbonyl (C=O) groups excluding carboxylic acids is 2. The Bertz CT molecular complexity index is 516. The summed E-state index contributed by atoms with van der Waals surface area (Å²) in [5.74, 6) is -0.560. The number of hydrogen-bond donors (Lipinski definition) is 0. The summed E-state index contributed by atoms with van der Waals surface area (Å²) in [5, 5.41) is 1.76. The van der Waals surface area contributed by atoms with E-state index in [0.717, 1.165) is 36.1 Å². The van der Waals surface area contributed by atoms with Crippen LogP contribution in [0.3, 0.4) is 0 Å². The first-order valence-electron chi connectivity index (χ1n) is 9.18. The highest BCUT2D eigenvalue weighted by Gasteiger charge is 2.48. The predicted octanol–water partition coefficient (Wildman–Crippen LogP) is 5.17. The lowest BCUT2D eigenvalue weighted by atomic mass is 10.1. The second kappa shape index (κ2) is 7.32. The van der Waals surface area contributed by atoms with Crippen LogP contribution in [0.1, 0.15) is 65.7 Å². The molecule has 5 heteroatoms. The number of hydrogen-bond acceptors (Lipinski definition) is 3. The molecule has 0 aromatic heterocycles. The SMILES string of the molecule is CC[C@@H]1CCCP1C1=C(P2[C@H](CC)CC[C@H]2CC)C(=O)OC1=O. The molecule has 128 valence electrons. The Morgan fingerprint density at radius 3 is 2.00 bits per heavy atom. The molecule has 0 N–H and O–H groups in total. The van der Waals surface area contributed by atoms with Gasteiger partial charge in [-0.05, 0) is 68.1 Å². The molecule has 3 nitrogen and oxygen atoms in total. The molecular weight excluding hydrogens is 326 g/mol. The zero-order valence-corrected chi connectivity index (χ0v) is 16.3. The summed E-state index contributed by atoms with van der Waals surface area (Å²) >= 11 is 0. The van der Waals surface area contributed by atoms with E-state index in [2.05, 4.69) is 20.8 Å². The van der Waals surface area contributed by atoms with Crippen LogP contribution in [-0.4, -0.2) is 35.1 Å². The molecule has 0 bridgehead atoms. The number of rotatable bonds is 5. The summed E-state index contributed by atoms with van der Waals surface area (Å²) in [7, 11) is -0.997. The molecule has 0 aromatic rings. The van der Waals surface area contributed by atoms with E-state index >= 15 is 0 Å². The lowest BCUT2D eigenvalue weighted by Crippen LogP contribution is -2.10. The average Bonchev–Trinajstić information content (AvgIpc) is 3.22. The number of ether oxygens (including phenoxy) is 1. The monoisotopic (exact) mass is 354 g/mol. The first-order valence-corrected chi connectivity index (χ1v) is 12.3. The van der Waals surface area contributed by atoms with Crippen LogP contribution in [0.5, 0.6) is 0 Å². The maximum absolute atomic E-state index is 12.6. The van der Waals surface area contributed by atoms with Crippen molar-refractivity contribution in [2.75, 3.05) is 6.16 Å². The smallest absolute Gasteiger partial charge is 0.347 e. The largest absolute Gasteiger partial charge is 0.386 e. The Labute approximate surface area is 142 Å². The molecule has 0 amide bonds. The fourth-order valence-electron chi connectivity index (χ4n) is 4.54. The Balaban J connectivity index is 2.04. The maximum Gasteiger partial charge on any atom is 0.347 e. The maximum atomic E-state index is 12.6. The molecular formula is C18H28O3P2. The third-order valence-corrected chi connectivity index (χ3v) is 13.0. The minimum absolute atomic E-state index is 0.279. The van der Waals surface area contributed by atoms with Crippen molar-refractivity contribution in [2.45, 2.75) is 82.7 Å². The van der Waals surface area contributed by atoms with Crippen molar-refractivity contribution in [2.24, 2.45) is 0 Å². The number of esters is 2. The molecule has 3 aliphatic heterocycles. The summed E-state index contributed by atoms with van der Waals surface area (Å²) in [6.45, 7) is 6.69. The van der Waals surface area contributed by atoms with Gasteiger partial charge in [-0.25, -0.2) is 9.59 Å². The second-order valence-electron chi connectivity index (χ2n) is 6.88.